The van der Waals surface area contributed by atoms with Gasteiger partial charge in [0.1, 0.15) is 0 Å². The molecule has 5 heteroatoms. The zero-order valence-corrected chi connectivity index (χ0v) is 9.80. The first-order valence-electron chi connectivity index (χ1n) is 5.67. The van der Waals surface area contributed by atoms with Gasteiger partial charge in [0.05, 0.1) is 6.20 Å². The number of nitrogens with zero attached hydrogens (tertiary/aromatic N) is 2. The highest BCUT2D eigenvalue weighted by Crippen LogP contribution is 2.27. The zero-order chi connectivity index (χ0) is 11.4. The van der Waals surface area contributed by atoms with E-state index >= 15 is 0 Å². The number of aromatic nitrogens is 2. The van der Waals surface area contributed by atoms with Gasteiger partial charge in [-0.15, -0.1) is 0 Å². The summed E-state index contributed by atoms with van der Waals surface area (Å²) in [6.45, 7) is 0.745. The van der Waals surface area contributed by atoms with Crippen molar-refractivity contribution >= 4 is 17.4 Å². The molecule has 0 amide bonds. The van der Waals surface area contributed by atoms with Crippen LogP contribution in [0.3, 0.4) is 0 Å². The van der Waals surface area contributed by atoms with Crippen molar-refractivity contribution in [2.45, 2.75) is 32.1 Å². The van der Waals surface area contributed by atoms with Gasteiger partial charge in [0, 0.05) is 6.54 Å². The molecule has 0 aliphatic heterocycles. The van der Waals surface area contributed by atoms with Crippen molar-refractivity contribution in [3.8, 4) is 0 Å². The molecule has 2 rings (SSSR count). The third-order valence-electron chi connectivity index (χ3n) is 3.03. The van der Waals surface area contributed by atoms with E-state index in [0.29, 0.717) is 0 Å². The summed E-state index contributed by atoms with van der Waals surface area (Å²) in [6, 6.07) is 0. The molecule has 88 valence electrons. The first-order valence-corrected chi connectivity index (χ1v) is 6.05. The van der Waals surface area contributed by atoms with Gasteiger partial charge in [-0.25, -0.2) is 9.37 Å². The fourth-order valence-corrected chi connectivity index (χ4v) is 2.30. The van der Waals surface area contributed by atoms with Crippen molar-refractivity contribution < 1.29 is 4.39 Å². The van der Waals surface area contributed by atoms with Gasteiger partial charge in [0.2, 0.25) is 5.28 Å². The number of hydrogen-bond acceptors (Lipinski definition) is 3. The maximum Gasteiger partial charge on any atom is 0.224 e. The Morgan fingerprint density at radius 2 is 2.19 bits per heavy atom. The van der Waals surface area contributed by atoms with Crippen molar-refractivity contribution in [2.75, 3.05) is 11.9 Å². The highest BCUT2D eigenvalue weighted by atomic mass is 35.5. The van der Waals surface area contributed by atoms with E-state index in [-0.39, 0.29) is 11.1 Å². The van der Waals surface area contributed by atoms with Crippen LogP contribution in [0.15, 0.2) is 6.20 Å². The summed E-state index contributed by atoms with van der Waals surface area (Å²) in [4.78, 5) is 7.37. The fraction of sp³-hybridized carbons (Fsp3) is 0.636. The highest BCUT2D eigenvalue weighted by Gasteiger charge is 2.14. The predicted octanol–water partition coefficient (Wildman–Crippen LogP) is 3.26. The lowest BCUT2D eigenvalue weighted by molar-refractivity contribution is 0.517. The Balaban J connectivity index is 1.82. The third kappa shape index (κ3) is 3.04. The summed E-state index contributed by atoms with van der Waals surface area (Å²) in [5.41, 5.74) is 0. The minimum Gasteiger partial charge on any atom is -0.367 e. The largest absolute Gasteiger partial charge is 0.367 e. The van der Waals surface area contributed by atoms with Crippen LogP contribution in [-0.4, -0.2) is 16.5 Å². The maximum absolute atomic E-state index is 13.2. The van der Waals surface area contributed by atoms with Crippen LogP contribution in [0.1, 0.15) is 32.1 Å². The topological polar surface area (TPSA) is 37.8 Å². The summed E-state index contributed by atoms with van der Waals surface area (Å²) in [6.07, 6.45) is 7.43. The molecule has 0 bridgehead atoms. The molecular formula is C11H15ClFN3. The molecule has 1 fully saturated rings. The molecular weight excluding hydrogens is 229 g/mol. The average Bonchev–Trinajstić information content (AvgIpc) is 2.76. The Morgan fingerprint density at radius 3 is 2.94 bits per heavy atom. The first kappa shape index (κ1) is 11.6. The second kappa shape index (κ2) is 5.43. The van der Waals surface area contributed by atoms with Crippen molar-refractivity contribution in [1.29, 1.82) is 0 Å². The Hall–Kier alpha value is -0.900. The van der Waals surface area contributed by atoms with E-state index in [2.05, 4.69) is 15.3 Å². The van der Waals surface area contributed by atoms with E-state index in [1.54, 1.807) is 0 Å². The molecule has 16 heavy (non-hydrogen) atoms. The highest BCUT2D eigenvalue weighted by molar-refractivity contribution is 6.28. The number of halogens is 2. The van der Waals surface area contributed by atoms with Gasteiger partial charge in [-0.05, 0) is 23.9 Å². The van der Waals surface area contributed by atoms with E-state index in [0.717, 1.165) is 25.1 Å². The quantitative estimate of drug-likeness (QED) is 0.825. The van der Waals surface area contributed by atoms with Crippen LogP contribution in [0.5, 0.6) is 0 Å². The third-order valence-corrected chi connectivity index (χ3v) is 3.22. The number of hydrogen-bond donors (Lipinski definition) is 1. The number of rotatable bonds is 4. The minimum atomic E-state index is -0.448. The molecule has 1 N–H and O–H groups in total. The SMILES string of the molecule is Fc1cnc(Cl)nc1NCCC1CCCC1. The summed E-state index contributed by atoms with van der Waals surface area (Å²) in [5, 5.41) is 3.04. The van der Waals surface area contributed by atoms with Crippen LogP contribution in [0, 0.1) is 11.7 Å². The van der Waals surface area contributed by atoms with E-state index in [1.165, 1.54) is 25.7 Å². The smallest absolute Gasteiger partial charge is 0.224 e. The molecule has 0 spiro atoms. The van der Waals surface area contributed by atoms with Gasteiger partial charge in [-0.2, -0.15) is 4.98 Å². The molecule has 1 saturated carbocycles. The summed E-state index contributed by atoms with van der Waals surface area (Å²) >= 11 is 5.59. The van der Waals surface area contributed by atoms with Crippen LogP contribution < -0.4 is 5.32 Å². The van der Waals surface area contributed by atoms with Crippen molar-refractivity contribution in [3.63, 3.8) is 0 Å². The molecule has 0 unspecified atom stereocenters. The van der Waals surface area contributed by atoms with E-state index in [9.17, 15) is 4.39 Å². The van der Waals surface area contributed by atoms with Gasteiger partial charge in [-0.3, -0.25) is 0 Å². The summed E-state index contributed by atoms with van der Waals surface area (Å²) in [7, 11) is 0. The maximum atomic E-state index is 13.2. The lowest BCUT2D eigenvalue weighted by Crippen LogP contribution is -2.09. The van der Waals surface area contributed by atoms with Gasteiger partial charge in [0.25, 0.3) is 0 Å². The molecule has 1 aromatic heterocycles. The Labute approximate surface area is 99.4 Å². The molecule has 1 aromatic rings. The number of nitrogens with one attached hydrogen (secondary N) is 1. The lowest BCUT2D eigenvalue weighted by Gasteiger charge is -2.10. The second-order valence-electron chi connectivity index (χ2n) is 4.20. The normalized spacial score (nSPS) is 16.6. The van der Waals surface area contributed by atoms with E-state index < -0.39 is 5.82 Å². The molecule has 3 nitrogen and oxygen atoms in total. The monoisotopic (exact) mass is 243 g/mol. The van der Waals surface area contributed by atoms with Gasteiger partial charge >= 0.3 is 0 Å². The van der Waals surface area contributed by atoms with Gasteiger partial charge in [0.15, 0.2) is 11.6 Å². The molecule has 0 saturated heterocycles. The number of anilines is 1. The first-order chi connectivity index (χ1) is 7.75. The van der Waals surface area contributed by atoms with Crippen LogP contribution >= 0.6 is 11.6 Å². The molecule has 1 aliphatic carbocycles. The van der Waals surface area contributed by atoms with E-state index in [4.69, 9.17) is 11.6 Å². The van der Waals surface area contributed by atoms with Crippen LogP contribution in [0.2, 0.25) is 5.28 Å². The Morgan fingerprint density at radius 1 is 1.44 bits per heavy atom. The van der Waals surface area contributed by atoms with Crippen molar-refractivity contribution in [1.82, 2.24) is 9.97 Å². The van der Waals surface area contributed by atoms with Crippen molar-refractivity contribution in [3.05, 3.63) is 17.3 Å². The molecule has 1 aliphatic rings. The van der Waals surface area contributed by atoms with Crippen LogP contribution in [0.25, 0.3) is 0 Å². The van der Waals surface area contributed by atoms with Gasteiger partial charge in [-0.1, -0.05) is 25.7 Å². The Bertz CT molecular complexity index is 353. The van der Waals surface area contributed by atoms with Crippen molar-refractivity contribution in [2.24, 2.45) is 5.92 Å². The van der Waals surface area contributed by atoms with Crippen LogP contribution in [-0.2, 0) is 0 Å². The van der Waals surface area contributed by atoms with E-state index in [1.807, 2.05) is 0 Å². The molecule has 0 aromatic carbocycles. The zero-order valence-electron chi connectivity index (χ0n) is 9.05. The lowest BCUT2D eigenvalue weighted by atomic mass is 10.0. The Kier molecular flexibility index (Phi) is 3.93. The second-order valence-corrected chi connectivity index (χ2v) is 4.54. The fourth-order valence-electron chi connectivity index (χ4n) is 2.16. The minimum absolute atomic E-state index is 0.0739. The standard InChI is InChI=1S/C11H15ClFN3/c12-11-15-7-9(13)10(16-11)14-6-5-8-3-1-2-4-8/h7-8H,1-6H2,(H,14,15,16). The van der Waals surface area contributed by atoms with Gasteiger partial charge < -0.3 is 5.32 Å². The summed E-state index contributed by atoms with van der Waals surface area (Å²) in [5.74, 6) is 0.543. The average molecular weight is 244 g/mol. The summed E-state index contributed by atoms with van der Waals surface area (Å²) < 4.78 is 13.2. The molecule has 0 radical (unpaired) electrons. The molecule has 1 heterocycles. The molecule has 0 atom stereocenters. The predicted molar refractivity (Wildman–Crippen MR) is 62.1 cm³/mol. The van der Waals surface area contributed by atoms with Crippen LogP contribution in [0.4, 0.5) is 10.2 Å².